The van der Waals surface area contributed by atoms with Crippen LogP contribution in [0.3, 0.4) is 0 Å². The van der Waals surface area contributed by atoms with Crippen LogP contribution in [-0.2, 0) is 15.6 Å². The first kappa shape index (κ1) is 14.7. The zero-order valence-corrected chi connectivity index (χ0v) is 11.9. The smallest absolute Gasteiger partial charge is 0.250 e. The molecule has 0 spiro atoms. The Labute approximate surface area is 114 Å². The molecule has 0 aliphatic heterocycles. The highest BCUT2D eigenvalue weighted by molar-refractivity contribution is 7.77. The van der Waals surface area contributed by atoms with Gasteiger partial charge in [-0.15, -0.1) is 0 Å². The largest absolute Gasteiger partial charge is 0.259 e. The van der Waals surface area contributed by atoms with E-state index in [2.05, 4.69) is 5.48 Å². The molecule has 17 heavy (non-hydrogen) atoms. The zero-order valence-electron chi connectivity index (χ0n) is 9.57. The number of halogens is 2. The molecule has 0 heterocycles. The number of hydrogen-bond donors (Lipinski definition) is 1. The lowest BCUT2D eigenvalue weighted by atomic mass is 10.3. The van der Waals surface area contributed by atoms with Crippen LogP contribution in [0.25, 0.3) is 0 Å². The summed E-state index contributed by atoms with van der Waals surface area (Å²) >= 11 is 10.1. The predicted octanol–water partition coefficient (Wildman–Crippen LogP) is 3.26. The monoisotopic (exact) mass is 296 g/mol. The Kier molecular flexibility index (Phi) is 6.22. The van der Waals surface area contributed by atoms with Gasteiger partial charge in [-0.25, -0.2) is 8.51 Å². The average Bonchev–Trinajstić information content (AvgIpc) is 2.32. The number of benzene rings is 1. The van der Waals surface area contributed by atoms with E-state index in [0.717, 1.165) is 0 Å². The van der Waals surface area contributed by atoms with Crippen molar-refractivity contribution in [1.82, 2.24) is 4.31 Å². The molecule has 0 saturated carbocycles. The molecule has 0 fully saturated rings. The summed E-state index contributed by atoms with van der Waals surface area (Å²) in [5, 5.41) is 0.871. The van der Waals surface area contributed by atoms with Crippen LogP contribution in [0.2, 0.25) is 10.0 Å². The van der Waals surface area contributed by atoms with Gasteiger partial charge in [0.1, 0.15) is 0 Å². The number of anilines is 1. The van der Waals surface area contributed by atoms with Gasteiger partial charge in [-0.3, -0.25) is 5.48 Å². The second-order valence-electron chi connectivity index (χ2n) is 3.15. The van der Waals surface area contributed by atoms with Crippen LogP contribution >= 0.6 is 23.2 Å². The highest BCUT2D eigenvalue weighted by Crippen LogP contribution is 2.25. The maximum absolute atomic E-state index is 11.6. The molecule has 1 unspecified atom stereocenters. The SMILES string of the molecule is CCN(CC)S(=O)ONc1ccc(Cl)c(Cl)c1. The molecule has 1 aromatic carbocycles. The molecule has 0 aromatic heterocycles. The van der Waals surface area contributed by atoms with Crippen molar-refractivity contribution in [3.05, 3.63) is 28.2 Å². The Bertz CT molecular complexity index is 400. The van der Waals surface area contributed by atoms with E-state index in [4.69, 9.17) is 27.5 Å². The minimum absolute atomic E-state index is 0.411. The fourth-order valence-corrected chi connectivity index (χ4v) is 2.12. The average molecular weight is 297 g/mol. The van der Waals surface area contributed by atoms with E-state index in [1.807, 2.05) is 13.8 Å². The van der Waals surface area contributed by atoms with Crippen LogP contribution in [-0.4, -0.2) is 21.6 Å². The molecule has 7 heteroatoms. The standard InChI is InChI=1S/C10H14Cl2N2O2S/c1-3-14(4-2)17(15)16-13-8-5-6-9(11)10(12)7-8/h5-7,13H,3-4H2,1-2H3. The topological polar surface area (TPSA) is 41.6 Å². The summed E-state index contributed by atoms with van der Waals surface area (Å²) in [6.45, 7) is 5.10. The Morgan fingerprint density at radius 3 is 2.47 bits per heavy atom. The number of hydrogen-bond acceptors (Lipinski definition) is 3. The highest BCUT2D eigenvalue weighted by atomic mass is 35.5. The molecule has 0 saturated heterocycles. The van der Waals surface area contributed by atoms with Crippen molar-refractivity contribution in [3.8, 4) is 0 Å². The molecule has 0 bridgehead atoms. The van der Waals surface area contributed by atoms with Crippen LogP contribution in [0.1, 0.15) is 13.8 Å². The summed E-state index contributed by atoms with van der Waals surface area (Å²) in [4.78, 5) is 0. The maximum atomic E-state index is 11.6. The van der Waals surface area contributed by atoms with Crippen molar-refractivity contribution in [2.75, 3.05) is 18.6 Å². The van der Waals surface area contributed by atoms with E-state index < -0.39 is 11.3 Å². The van der Waals surface area contributed by atoms with Crippen molar-refractivity contribution >= 4 is 40.2 Å². The van der Waals surface area contributed by atoms with Gasteiger partial charge in [-0.05, 0) is 18.2 Å². The minimum Gasteiger partial charge on any atom is -0.250 e. The molecule has 96 valence electrons. The Morgan fingerprint density at radius 1 is 1.29 bits per heavy atom. The molecular weight excluding hydrogens is 283 g/mol. The maximum Gasteiger partial charge on any atom is 0.259 e. The molecule has 1 rings (SSSR count). The van der Waals surface area contributed by atoms with Gasteiger partial charge in [0.15, 0.2) is 0 Å². The molecule has 1 N–H and O–H groups in total. The van der Waals surface area contributed by atoms with E-state index in [9.17, 15) is 4.21 Å². The summed E-state index contributed by atoms with van der Waals surface area (Å²) in [6.07, 6.45) is 0. The molecular formula is C10H14Cl2N2O2S. The van der Waals surface area contributed by atoms with Crippen LogP contribution < -0.4 is 5.48 Å². The normalized spacial score (nSPS) is 12.8. The van der Waals surface area contributed by atoms with Gasteiger partial charge in [0.25, 0.3) is 11.3 Å². The Hall–Kier alpha value is -0.330. The fourth-order valence-electron chi connectivity index (χ4n) is 1.13. The van der Waals surface area contributed by atoms with E-state index in [0.29, 0.717) is 28.8 Å². The lowest BCUT2D eigenvalue weighted by molar-refractivity contribution is 0.367. The molecule has 0 aliphatic rings. The first-order valence-corrected chi connectivity index (χ1v) is 6.92. The van der Waals surface area contributed by atoms with Crippen LogP contribution in [0.4, 0.5) is 5.69 Å². The summed E-state index contributed by atoms with van der Waals surface area (Å²) in [7, 11) is 0. The van der Waals surface area contributed by atoms with Gasteiger partial charge in [-0.1, -0.05) is 37.0 Å². The molecule has 4 nitrogen and oxygen atoms in total. The van der Waals surface area contributed by atoms with Crippen molar-refractivity contribution in [1.29, 1.82) is 0 Å². The number of nitrogens with zero attached hydrogens (tertiary/aromatic N) is 1. The van der Waals surface area contributed by atoms with Gasteiger partial charge in [0.05, 0.1) is 15.7 Å². The van der Waals surface area contributed by atoms with E-state index in [1.165, 1.54) is 0 Å². The fraction of sp³-hybridized carbons (Fsp3) is 0.400. The molecule has 0 radical (unpaired) electrons. The number of nitrogens with one attached hydrogen (secondary N) is 1. The Morgan fingerprint density at radius 2 is 1.94 bits per heavy atom. The van der Waals surface area contributed by atoms with E-state index in [1.54, 1.807) is 22.5 Å². The lowest BCUT2D eigenvalue weighted by Gasteiger charge is -2.16. The summed E-state index contributed by atoms with van der Waals surface area (Å²) in [5.41, 5.74) is 3.17. The molecule has 1 atom stereocenters. The second kappa shape index (κ2) is 7.18. The first-order valence-electron chi connectivity index (χ1n) is 5.13. The summed E-state index contributed by atoms with van der Waals surface area (Å²) in [6, 6.07) is 4.92. The van der Waals surface area contributed by atoms with Crippen LogP contribution in [0, 0.1) is 0 Å². The van der Waals surface area contributed by atoms with Crippen LogP contribution in [0.5, 0.6) is 0 Å². The van der Waals surface area contributed by atoms with Gasteiger partial charge < -0.3 is 0 Å². The lowest BCUT2D eigenvalue weighted by Crippen LogP contribution is -2.28. The van der Waals surface area contributed by atoms with Gasteiger partial charge in [-0.2, -0.15) is 4.28 Å². The van der Waals surface area contributed by atoms with Crippen molar-refractivity contribution in [2.45, 2.75) is 13.8 Å². The third kappa shape index (κ3) is 4.44. The van der Waals surface area contributed by atoms with E-state index >= 15 is 0 Å². The van der Waals surface area contributed by atoms with Crippen molar-refractivity contribution in [2.24, 2.45) is 0 Å². The third-order valence-electron chi connectivity index (χ3n) is 2.07. The van der Waals surface area contributed by atoms with Gasteiger partial charge in [0, 0.05) is 13.1 Å². The van der Waals surface area contributed by atoms with Gasteiger partial charge in [0.2, 0.25) is 0 Å². The van der Waals surface area contributed by atoms with Crippen molar-refractivity contribution in [3.63, 3.8) is 0 Å². The minimum atomic E-state index is -1.52. The van der Waals surface area contributed by atoms with Gasteiger partial charge >= 0.3 is 0 Å². The third-order valence-corrected chi connectivity index (χ3v) is 3.97. The van der Waals surface area contributed by atoms with Crippen molar-refractivity contribution < 1.29 is 8.49 Å². The predicted molar refractivity (Wildman–Crippen MR) is 72.2 cm³/mol. The summed E-state index contributed by atoms with van der Waals surface area (Å²) < 4.78 is 18.3. The second-order valence-corrected chi connectivity index (χ2v) is 5.08. The highest BCUT2D eigenvalue weighted by Gasteiger charge is 2.10. The first-order chi connectivity index (χ1) is 8.08. The Balaban J connectivity index is 2.55. The molecule has 0 aliphatic carbocycles. The summed E-state index contributed by atoms with van der Waals surface area (Å²) in [5.74, 6) is 0. The zero-order chi connectivity index (χ0) is 12.8. The molecule has 1 aromatic rings. The van der Waals surface area contributed by atoms with E-state index in [-0.39, 0.29) is 0 Å². The number of rotatable bonds is 6. The quantitative estimate of drug-likeness (QED) is 0.819. The molecule has 0 amide bonds. The van der Waals surface area contributed by atoms with Crippen LogP contribution in [0.15, 0.2) is 18.2 Å².